The van der Waals surface area contributed by atoms with Crippen molar-refractivity contribution in [3.05, 3.63) is 140 Å². The molecule has 5 nitrogen and oxygen atoms in total. The Hall–Kier alpha value is -5.76. The van der Waals surface area contributed by atoms with E-state index in [9.17, 15) is 0 Å². The summed E-state index contributed by atoms with van der Waals surface area (Å²) in [5.74, 6) is 1.90. The van der Waals surface area contributed by atoms with Crippen LogP contribution in [0.3, 0.4) is 0 Å². The Morgan fingerprint density at radius 2 is 1.21 bits per heavy atom. The zero-order valence-electron chi connectivity index (χ0n) is 25.3. The summed E-state index contributed by atoms with van der Waals surface area (Å²) < 4.78 is 7.10. The van der Waals surface area contributed by atoms with Gasteiger partial charge in [0.05, 0.1) is 16.7 Å². The summed E-state index contributed by atoms with van der Waals surface area (Å²) in [5, 5.41) is 6.07. The molecule has 11 rings (SSSR count). The van der Waals surface area contributed by atoms with Gasteiger partial charge in [0.2, 0.25) is 5.95 Å². The van der Waals surface area contributed by atoms with Gasteiger partial charge in [-0.25, -0.2) is 4.98 Å². The van der Waals surface area contributed by atoms with Gasteiger partial charge < -0.3 is 0 Å². The van der Waals surface area contributed by atoms with E-state index >= 15 is 0 Å². The minimum atomic E-state index is 0.597. The van der Waals surface area contributed by atoms with Gasteiger partial charge in [-0.1, -0.05) is 115 Å². The predicted molar refractivity (Wildman–Crippen MR) is 199 cm³/mol. The number of benzene rings is 6. The van der Waals surface area contributed by atoms with Crippen molar-refractivity contribution in [2.75, 3.05) is 0 Å². The van der Waals surface area contributed by atoms with Gasteiger partial charge >= 0.3 is 0 Å². The zero-order valence-corrected chi connectivity index (χ0v) is 27.0. The number of hydrogen-bond donors (Lipinski definition) is 0. The third kappa shape index (κ3) is 3.60. The Morgan fingerprint density at radius 3 is 2.15 bits per heavy atom. The fourth-order valence-electron chi connectivity index (χ4n) is 7.36. The van der Waals surface area contributed by atoms with E-state index in [2.05, 4.69) is 130 Å². The molecule has 0 spiro atoms. The normalized spacial score (nSPS) is 12.5. The summed E-state index contributed by atoms with van der Waals surface area (Å²) in [6, 6.07) is 49.2. The Morgan fingerprint density at radius 1 is 0.500 bits per heavy atom. The third-order valence-electron chi connectivity index (χ3n) is 9.38. The van der Waals surface area contributed by atoms with Gasteiger partial charge in [0.25, 0.3) is 0 Å². The number of fused-ring (bicyclic) bond motifs is 10. The first-order valence-electron chi connectivity index (χ1n) is 15.9. The van der Waals surface area contributed by atoms with Gasteiger partial charge in [0.15, 0.2) is 11.6 Å². The number of thiophene rings is 1. The maximum Gasteiger partial charge on any atom is 0.239 e. The molecule has 0 saturated heterocycles. The van der Waals surface area contributed by atoms with Crippen molar-refractivity contribution < 1.29 is 0 Å². The van der Waals surface area contributed by atoms with Crippen molar-refractivity contribution in [2.24, 2.45) is 0 Å². The molecule has 0 fully saturated rings. The van der Waals surface area contributed by atoms with Crippen LogP contribution in [0.2, 0.25) is 0 Å². The summed E-state index contributed by atoms with van der Waals surface area (Å²) in [6.45, 7) is 0. The molecular weight excluding hydrogens is 627 g/mol. The van der Waals surface area contributed by atoms with Crippen LogP contribution in [0.4, 0.5) is 0 Å². The molecular formula is C41H23N5S2. The van der Waals surface area contributed by atoms with Crippen molar-refractivity contribution in [1.82, 2.24) is 24.1 Å². The predicted octanol–water partition coefficient (Wildman–Crippen LogP) is 11.1. The number of hydrogen-bond acceptors (Lipinski definition) is 5. The highest BCUT2D eigenvalue weighted by Crippen LogP contribution is 2.49. The van der Waals surface area contributed by atoms with E-state index in [1.807, 2.05) is 30.0 Å². The second-order valence-electron chi connectivity index (χ2n) is 12.0. The lowest BCUT2D eigenvalue weighted by Gasteiger charge is -2.20. The zero-order chi connectivity index (χ0) is 31.3. The van der Waals surface area contributed by atoms with E-state index in [0.717, 1.165) is 28.0 Å². The smallest absolute Gasteiger partial charge is 0.239 e. The molecule has 4 aromatic heterocycles. The molecule has 0 saturated carbocycles. The molecule has 0 bridgehead atoms. The summed E-state index contributed by atoms with van der Waals surface area (Å²) in [7, 11) is 0. The van der Waals surface area contributed by atoms with Crippen LogP contribution in [0, 0.1) is 0 Å². The molecule has 48 heavy (non-hydrogen) atoms. The maximum absolute atomic E-state index is 5.36. The van der Waals surface area contributed by atoms with Gasteiger partial charge in [-0.05, 0) is 36.4 Å². The second-order valence-corrected chi connectivity index (χ2v) is 14.2. The first kappa shape index (κ1) is 26.3. The van der Waals surface area contributed by atoms with E-state index in [-0.39, 0.29) is 0 Å². The van der Waals surface area contributed by atoms with Gasteiger partial charge in [0.1, 0.15) is 5.65 Å². The summed E-state index contributed by atoms with van der Waals surface area (Å²) in [6.07, 6.45) is 0. The van der Waals surface area contributed by atoms with Crippen molar-refractivity contribution in [1.29, 1.82) is 0 Å². The Bertz CT molecular complexity index is 2930. The Kier molecular flexibility index (Phi) is 5.41. The minimum Gasteiger partial charge on any atom is -0.293 e. The monoisotopic (exact) mass is 649 g/mol. The highest BCUT2D eigenvalue weighted by atomic mass is 32.2. The van der Waals surface area contributed by atoms with Gasteiger partial charge in [-0.2, -0.15) is 9.97 Å². The molecule has 0 radical (unpaired) electrons. The molecule has 7 heteroatoms. The highest BCUT2D eigenvalue weighted by molar-refractivity contribution is 7.99. The fraction of sp³-hybridized carbons (Fsp3) is 0. The summed E-state index contributed by atoms with van der Waals surface area (Å²) in [4.78, 5) is 18.3. The van der Waals surface area contributed by atoms with Crippen LogP contribution in [0.5, 0.6) is 0 Å². The molecule has 5 heterocycles. The summed E-state index contributed by atoms with van der Waals surface area (Å²) in [5.41, 5.74) is 6.46. The number of aromatic nitrogens is 5. The van der Waals surface area contributed by atoms with Crippen LogP contribution in [0.1, 0.15) is 0 Å². The summed E-state index contributed by atoms with van der Waals surface area (Å²) >= 11 is 3.62. The van der Waals surface area contributed by atoms with Crippen molar-refractivity contribution in [2.45, 2.75) is 9.79 Å². The molecule has 10 aromatic rings. The first-order valence-corrected chi connectivity index (χ1v) is 17.5. The van der Waals surface area contributed by atoms with Gasteiger partial charge in [-0.15, -0.1) is 11.3 Å². The number of para-hydroxylation sites is 3. The topological polar surface area (TPSA) is 48.5 Å². The van der Waals surface area contributed by atoms with Crippen LogP contribution >= 0.6 is 23.1 Å². The molecule has 0 amide bonds. The Labute approximate surface area is 282 Å². The molecule has 224 valence electrons. The lowest BCUT2D eigenvalue weighted by atomic mass is 10.1. The molecule has 0 aliphatic carbocycles. The van der Waals surface area contributed by atoms with E-state index in [1.54, 1.807) is 11.3 Å². The van der Waals surface area contributed by atoms with Crippen molar-refractivity contribution in [3.63, 3.8) is 0 Å². The van der Waals surface area contributed by atoms with Gasteiger partial charge in [-0.3, -0.25) is 9.13 Å². The quantitative estimate of drug-likeness (QED) is 0.191. The molecule has 6 aromatic carbocycles. The highest BCUT2D eigenvalue weighted by Gasteiger charge is 2.29. The van der Waals surface area contributed by atoms with Crippen LogP contribution in [-0.4, -0.2) is 24.1 Å². The van der Waals surface area contributed by atoms with Crippen LogP contribution in [0.15, 0.2) is 149 Å². The van der Waals surface area contributed by atoms with E-state index < -0.39 is 0 Å². The van der Waals surface area contributed by atoms with Crippen molar-refractivity contribution >= 4 is 76.1 Å². The number of rotatable bonds is 3. The van der Waals surface area contributed by atoms with Crippen LogP contribution < -0.4 is 0 Å². The minimum absolute atomic E-state index is 0.597. The van der Waals surface area contributed by atoms with E-state index in [4.69, 9.17) is 15.0 Å². The standard InChI is InChI=1S/C41H23N5S2/c1-2-12-24(13-3-1)38-42-39(29-18-10-16-26-25-14-5-8-21-32(25)48-37(26)29)44-41(43-38)46-30-19-6-4-15-27(30)35-28-17-11-23-34-36(28)45(40(35)46)31-20-7-9-22-33(31)47-34/h1-23H. The average molecular weight is 650 g/mol. The molecule has 0 atom stereocenters. The van der Waals surface area contributed by atoms with Gasteiger partial charge in [0, 0.05) is 57.2 Å². The van der Waals surface area contributed by atoms with Crippen LogP contribution in [0.25, 0.3) is 87.4 Å². The first-order chi connectivity index (χ1) is 23.8. The largest absolute Gasteiger partial charge is 0.293 e. The van der Waals surface area contributed by atoms with Crippen molar-refractivity contribution in [3.8, 4) is 34.4 Å². The SMILES string of the molecule is c1ccc(-c2nc(-c3cccc4c3sc3ccccc34)nc(-n3c4ccccc4c4c5cccc6c5n(c43)-c3ccccc3S6)n2)cc1. The maximum atomic E-state index is 5.36. The van der Waals surface area contributed by atoms with E-state index in [1.165, 1.54) is 51.6 Å². The lowest BCUT2D eigenvalue weighted by Crippen LogP contribution is -2.10. The average Bonchev–Trinajstić information content (AvgIpc) is 3.81. The van der Waals surface area contributed by atoms with E-state index in [0.29, 0.717) is 17.6 Å². The number of nitrogens with zero attached hydrogens (tertiary/aromatic N) is 5. The van der Waals surface area contributed by atoms with Crippen LogP contribution in [-0.2, 0) is 0 Å². The fourth-order valence-corrected chi connectivity index (χ4v) is 9.66. The Balaban J connectivity index is 1.29. The molecule has 1 aliphatic heterocycles. The third-order valence-corrected chi connectivity index (χ3v) is 11.7. The molecule has 0 unspecified atom stereocenters. The second kappa shape index (κ2) is 9.87. The molecule has 1 aliphatic rings. The molecule has 0 N–H and O–H groups in total. The lowest BCUT2D eigenvalue weighted by molar-refractivity contribution is 0.927.